The van der Waals surface area contributed by atoms with Crippen LogP contribution in [0.15, 0.2) is 59.9 Å². The molecule has 0 atom stereocenters. The van der Waals surface area contributed by atoms with Crippen molar-refractivity contribution in [2.24, 2.45) is 4.99 Å². The summed E-state index contributed by atoms with van der Waals surface area (Å²) >= 11 is 6.04. The lowest BCUT2D eigenvalue weighted by Gasteiger charge is -2.11. The largest absolute Gasteiger partial charge is 0.508 e. The van der Waals surface area contributed by atoms with Crippen molar-refractivity contribution in [1.29, 1.82) is 0 Å². The van der Waals surface area contributed by atoms with Crippen LogP contribution in [0.3, 0.4) is 0 Å². The first-order chi connectivity index (χ1) is 12.6. The molecule has 0 radical (unpaired) electrons. The summed E-state index contributed by atoms with van der Waals surface area (Å²) in [7, 11) is 0. The molecule has 0 aliphatic carbocycles. The molecule has 0 bridgehead atoms. The molecule has 132 valence electrons. The number of phenolic OH excluding ortho intramolecular Hbond substituents is 2. The highest BCUT2D eigenvalue weighted by Gasteiger charge is 2.16. The number of aromatic hydroxyl groups is 2. The number of hydrogen-bond donors (Lipinski definition) is 2. The summed E-state index contributed by atoms with van der Waals surface area (Å²) in [6.07, 6.45) is 4.84. The Morgan fingerprint density at radius 2 is 1.81 bits per heavy atom. The van der Waals surface area contributed by atoms with Crippen molar-refractivity contribution >= 4 is 17.8 Å². The van der Waals surface area contributed by atoms with E-state index in [1.807, 2.05) is 12.1 Å². The number of benzene rings is 2. The van der Waals surface area contributed by atoms with Gasteiger partial charge in [0.15, 0.2) is 0 Å². The number of halogens is 2. The minimum absolute atomic E-state index is 0.0325. The normalized spacial score (nSPS) is 11.2. The number of hydrogen-bond acceptors (Lipinski definition) is 4. The van der Waals surface area contributed by atoms with Crippen LogP contribution in [-0.2, 0) is 13.0 Å². The van der Waals surface area contributed by atoms with Crippen LogP contribution in [0.2, 0.25) is 5.02 Å². The van der Waals surface area contributed by atoms with Crippen LogP contribution < -0.4 is 0 Å². The average Bonchev–Trinajstić information content (AvgIpc) is 2.63. The Balaban J connectivity index is 1.87. The molecule has 0 amide bonds. The van der Waals surface area contributed by atoms with Crippen molar-refractivity contribution in [3.05, 3.63) is 88.0 Å². The Morgan fingerprint density at radius 3 is 2.54 bits per heavy atom. The van der Waals surface area contributed by atoms with Gasteiger partial charge < -0.3 is 10.2 Å². The molecule has 2 N–H and O–H groups in total. The number of pyridine rings is 1. The van der Waals surface area contributed by atoms with Gasteiger partial charge in [-0.05, 0) is 42.0 Å². The van der Waals surface area contributed by atoms with E-state index in [-0.39, 0.29) is 34.1 Å². The molecule has 3 aromatic rings. The Hall–Kier alpha value is -2.92. The highest BCUT2D eigenvalue weighted by molar-refractivity contribution is 6.31. The second-order valence-electron chi connectivity index (χ2n) is 5.70. The number of phenols is 2. The molecule has 0 fully saturated rings. The molecule has 3 rings (SSSR count). The SMILES string of the molecule is Oc1ccc(C=NCc2ccncc2)c(O)c1Cc1c(F)cccc1Cl. The predicted molar refractivity (Wildman–Crippen MR) is 99.5 cm³/mol. The van der Waals surface area contributed by atoms with Gasteiger partial charge in [-0.2, -0.15) is 0 Å². The van der Waals surface area contributed by atoms with E-state index in [9.17, 15) is 14.6 Å². The van der Waals surface area contributed by atoms with Gasteiger partial charge in [0.25, 0.3) is 0 Å². The summed E-state index contributed by atoms with van der Waals surface area (Å²) < 4.78 is 14.0. The fourth-order valence-corrected chi connectivity index (χ4v) is 2.77. The van der Waals surface area contributed by atoms with Crippen molar-refractivity contribution in [2.45, 2.75) is 13.0 Å². The Morgan fingerprint density at radius 1 is 1.04 bits per heavy atom. The Kier molecular flexibility index (Phi) is 5.49. The quantitative estimate of drug-likeness (QED) is 0.650. The van der Waals surface area contributed by atoms with E-state index in [0.29, 0.717) is 12.1 Å². The number of nitrogens with zero attached hydrogens (tertiary/aromatic N) is 2. The first kappa shape index (κ1) is 17.9. The molecule has 0 saturated carbocycles. The average molecular weight is 371 g/mol. The fourth-order valence-electron chi connectivity index (χ4n) is 2.54. The molecule has 4 nitrogen and oxygen atoms in total. The number of rotatable bonds is 5. The third-order valence-electron chi connectivity index (χ3n) is 3.96. The summed E-state index contributed by atoms with van der Waals surface area (Å²) in [5, 5.41) is 20.8. The van der Waals surface area contributed by atoms with Gasteiger partial charge in [-0.25, -0.2) is 4.39 Å². The first-order valence-corrected chi connectivity index (χ1v) is 8.29. The van der Waals surface area contributed by atoms with Gasteiger partial charge in [0.05, 0.1) is 6.54 Å². The van der Waals surface area contributed by atoms with Crippen LogP contribution >= 0.6 is 11.6 Å². The molecule has 6 heteroatoms. The van der Waals surface area contributed by atoms with Crippen molar-refractivity contribution in [2.75, 3.05) is 0 Å². The van der Waals surface area contributed by atoms with Crippen molar-refractivity contribution in [3.8, 4) is 11.5 Å². The van der Waals surface area contributed by atoms with E-state index in [2.05, 4.69) is 9.98 Å². The highest BCUT2D eigenvalue weighted by atomic mass is 35.5. The van der Waals surface area contributed by atoms with Crippen LogP contribution in [0.1, 0.15) is 22.3 Å². The van der Waals surface area contributed by atoms with E-state index in [0.717, 1.165) is 5.56 Å². The first-order valence-electron chi connectivity index (χ1n) is 7.91. The standard InChI is InChI=1S/C20H16ClFN2O2/c21-17-2-1-3-18(22)15(17)10-16-19(25)5-4-14(20(16)26)12-24-11-13-6-8-23-9-7-13/h1-9,12,25-26H,10-11H2. The van der Waals surface area contributed by atoms with Gasteiger partial charge in [0.1, 0.15) is 17.3 Å². The fraction of sp³-hybridized carbons (Fsp3) is 0.100. The molecule has 0 unspecified atom stereocenters. The third-order valence-corrected chi connectivity index (χ3v) is 4.31. The van der Waals surface area contributed by atoms with Crippen LogP contribution in [0.4, 0.5) is 4.39 Å². The molecular weight excluding hydrogens is 355 g/mol. The van der Waals surface area contributed by atoms with E-state index in [1.54, 1.807) is 24.5 Å². The molecule has 0 aliphatic rings. The topological polar surface area (TPSA) is 65.7 Å². The van der Waals surface area contributed by atoms with Crippen molar-refractivity contribution in [1.82, 2.24) is 4.98 Å². The zero-order valence-corrected chi connectivity index (χ0v) is 14.5. The monoisotopic (exact) mass is 370 g/mol. The maximum Gasteiger partial charge on any atom is 0.131 e. The smallest absolute Gasteiger partial charge is 0.131 e. The molecule has 26 heavy (non-hydrogen) atoms. The maximum atomic E-state index is 14.0. The Bertz CT molecular complexity index is 926. The lowest BCUT2D eigenvalue weighted by molar-refractivity contribution is 0.439. The molecule has 2 aromatic carbocycles. The molecular formula is C20H16ClFN2O2. The lowest BCUT2D eigenvalue weighted by Crippen LogP contribution is -1.97. The second-order valence-corrected chi connectivity index (χ2v) is 6.11. The van der Waals surface area contributed by atoms with Gasteiger partial charge in [0.2, 0.25) is 0 Å². The number of aliphatic imine (C=N–C) groups is 1. The van der Waals surface area contributed by atoms with Gasteiger partial charge in [-0.1, -0.05) is 17.7 Å². The van der Waals surface area contributed by atoms with Crippen molar-refractivity contribution in [3.63, 3.8) is 0 Å². The van der Waals surface area contributed by atoms with E-state index < -0.39 is 5.82 Å². The van der Waals surface area contributed by atoms with Gasteiger partial charge in [0, 0.05) is 46.7 Å². The summed E-state index contributed by atoms with van der Waals surface area (Å²) in [4.78, 5) is 8.23. The van der Waals surface area contributed by atoms with Crippen LogP contribution in [0, 0.1) is 5.82 Å². The summed E-state index contributed by atoms with van der Waals surface area (Å²) in [5.74, 6) is -0.774. The summed E-state index contributed by atoms with van der Waals surface area (Å²) in [6, 6.07) is 11.0. The molecule has 1 aromatic heterocycles. The van der Waals surface area contributed by atoms with E-state index in [1.165, 1.54) is 24.4 Å². The van der Waals surface area contributed by atoms with Gasteiger partial charge in [-0.3, -0.25) is 9.98 Å². The van der Waals surface area contributed by atoms with Gasteiger partial charge in [-0.15, -0.1) is 0 Å². The van der Waals surface area contributed by atoms with Gasteiger partial charge >= 0.3 is 0 Å². The third kappa shape index (κ3) is 4.00. The van der Waals surface area contributed by atoms with E-state index in [4.69, 9.17) is 11.6 Å². The zero-order valence-electron chi connectivity index (χ0n) is 13.7. The maximum absolute atomic E-state index is 14.0. The summed E-state index contributed by atoms with van der Waals surface area (Å²) in [6.45, 7) is 0.428. The molecule has 1 heterocycles. The zero-order chi connectivity index (χ0) is 18.5. The second kappa shape index (κ2) is 7.97. The lowest BCUT2D eigenvalue weighted by atomic mass is 10.00. The predicted octanol–water partition coefficient (Wildman–Crippen LogP) is 4.50. The highest BCUT2D eigenvalue weighted by Crippen LogP contribution is 2.34. The van der Waals surface area contributed by atoms with Crippen LogP contribution in [-0.4, -0.2) is 21.4 Å². The number of aromatic nitrogens is 1. The minimum Gasteiger partial charge on any atom is -0.508 e. The van der Waals surface area contributed by atoms with Crippen LogP contribution in [0.5, 0.6) is 11.5 Å². The minimum atomic E-state index is -0.493. The Labute approximate surface area is 155 Å². The molecule has 0 saturated heterocycles. The van der Waals surface area contributed by atoms with E-state index >= 15 is 0 Å². The molecule has 0 spiro atoms. The molecule has 0 aliphatic heterocycles. The summed E-state index contributed by atoms with van der Waals surface area (Å²) in [5.41, 5.74) is 1.82. The van der Waals surface area contributed by atoms with Crippen molar-refractivity contribution < 1.29 is 14.6 Å². The van der Waals surface area contributed by atoms with Crippen LogP contribution in [0.25, 0.3) is 0 Å².